The average molecular weight is 503 g/mol. The molecular formula is C24H34BN3O4S2. The number of fused-ring (bicyclic) bond motifs is 1. The molecule has 184 valence electrons. The van der Waals surface area contributed by atoms with Crippen LogP contribution < -0.4 is 0 Å². The number of carbonyl (C=O) groups is 1. The highest BCUT2D eigenvalue weighted by molar-refractivity contribution is 8.13. The van der Waals surface area contributed by atoms with Gasteiger partial charge in [0.15, 0.2) is 0 Å². The van der Waals surface area contributed by atoms with Crippen molar-refractivity contribution in [2.75, 3.05) is 6.54 Å². The number of likely N-dealkylation sites (tertiary alicyclic amines) is 1. The number of aromatic amines is 1. The van der Waals surface area contributed by atoms with Gasteiger partial charge in [-0.1, -0.05) is 12.2 Å². The lowest BCUT2D eigenvalue weighted by Gasteiger charge is -2.32. The minimum absolute atomic E-state index is 0.0700. The summed E-state index contributed by atoms with van der Waals surface area (Å²) in [6.45, 7) is 14.7. The first kappa shape index (κ1) is 24.3. The molecule has 7 nitrogen and oxygen atoms in total. The molecule has 1 N–H and O–H groups in total. The topological polar surface area (TPSA) is 76.7 Å². The minimum atomic E-state index is -0.508. The highest BCUT2D eigenvalue weighted by atomic mass is 32.2. The normalized spacial score (nSPS) is 29.9. The molecule has 0 bridgehead atoms. The van der Waals surface area contributed by atoms with E-state index in [2.05, 4.69) is 49.8 Å². The third-order valence-corrected chi connectivity index (χ3v) is 9.83. The molecular weight excluding hydrogens is 469 g/mol. The van der Waals surface area contributed by atoms with E-state index in [0.717, 1.165) is 24.4 Å². The van der Waals surface area contributed by atoms with Crippen LogP contribution in [0.1, 0.15) is 78.9 Å². The average Bonchev–Trinajstić information content (AvgIpc) is 3.47. The highest BCUT2D eigenvalue weighted by Crippen LogP contribution is 2.53. The smallest absolute Gasteiger partial charge is 0.444 e. The van der Waals surface area contributed by atoms with Crippen LogP contribution in [0.2, 0.25) is 0 Å². The van der Waals surface area contributed by atoms with Crippen molar-refractivity contribution >= 4 is 41.6 Å². The van der Waals surface area contributed by atoms with Crippen molar-refractivity contribution in [3.8, 4) is 0 Å². The number of rotatable bonds is 3. The van der Waals surface area contributed by atoms with E-state index >= 15 is 0 Å². The molecule has 0 saturated carbocycles. The van der Waals surface area contributed by atoms with Crippen molar-refractivity contribution in [2.45, 2.75) is 94.7 Å². The number of imidazole rings is 1. The Morgan fingerprint density at radius 2 is 1.85 bits per heavy atom. The zero-order chi connectivity index (χ0) is 24.5. The molecule has 1 aromatic heterocycles. The Bertz CT molecular complexity index is 1030. The lowest BCUT2D eigenvalue weighted by Crippen LogP contribution is -2.41. The predicted molar refractivity (Wildman–Crippen MR) is 138 cm³/mol. The molecule has 34 heavy (non-hydrogen) atoms. The Labute approximate surface area is 211 Å². The van der Waals surface area contributed by atoms with Crippen LogP contribution in [0.5, 0.6) is 0 Å². The van der Waals surface area contributed by atoms with Crippen molar-refractivity contribution < 1.29 is 18.8 Å². The molecule has 0 aliphatic carbocycles. The van der Waals surface area contributed by atoms with Gasteiger partial charge in [0.25, 0.3) is 0 Å². The van der Waals surface area contributed by atoms with Crippen LogP contribution in [0.15, 0.2) is 23.2 Å². The van der Waals surface area contributed by atoms with Gasteiger partial charge in [-0.3, -0.25) is 4.90 Å². The molecule has 5 rings (SSSR count). The first-order chi connectivity index (χ1) is 15.8. The molecule has 0 spiro atoms. The Morgan fingerprint density at radius 1 is 1.18 bits per heavy atom. The van der Waals surface area contributed by atoms with Gasteiger partial charge in [-0.2, -0.15) is 0 Å². The van der Waals surface area contributed by atoms with E-state index in [9.17, 15) is 4.79 Å². The van der Waals surface area contributed by atoms with Gasteiger partial charge in [-0.25, -0.2) is 9.78 Å². The number of thioether (sulfide) groups is 2. The third-order valence-electron chi connectivity index (χ3n) is 7.05. The number of nitrogens with one attached hydrogen (secondary N) is 1. The quantitative estimate of drug-likeness (QED) is 0.541. The van der Waals surface area contributed by atoms with Crippen LogP contribution in [0.3, 0.4) is 0 Å². The van der Waals surface area contributed by atoms with Crippen LogP contribution in [0.4, 0.5) is 4.79 Å². The molecule has 0 radical (unpaired) electrons. The highest BCUT2D eigenvalue weighted by Gasteiger charge is 2.54. The van der Waals surface area contributed by atoms with Gasteiger partial charge in [0.05, 0.1) is 29.1 Å². The summed E-state index contributed by atoms with van der Waals surface area (Å²) < 4.78 is 18.1. The number of carbonyl (C=O) groups excluding carboxylic acids is 1. The first-order valence-electron chi connectivity index (χ1n) is 12.0. The number of ether oxygens (including phenoxy) is 1. The number of nitrogens with zero attached hydrogens (tertiary/aromatic N) is 2. The molecule has 5 heterocycles. The molecule has 2 unspecified atom stereocenters. The Morgan fingerprint density at radius 3 is 2.50 bits per heavy atom. The van der Waals surface area contributed by atoms with Gasteiger partial charge in [0.1, 0.15) is 11.4 Å². The van der Waals surface area contributed by atoms with E-state index < -0.39 is 5.60 Å². The standard InChI is InChI=1S/C24H34BN3O4S2/c1-22(2,3)30-21(29)28-10-8-9-15(28)20-26-13-14(27-20)16-11-17-18(33-16)12-19(34-17)25-31-23(4,5)24(6,7)32-25/h11-13,15,17-18H,8-10H2,1-7H3,(H,26,27)/t15-,17?,18?/m0/s1. The molecule has 1 amide bonds. The molecule has 10 heteroatoms. The van der Waals surface area contributed by atoms with Crippen molar-refractivity contribution in [3.05, 3.63) is 34.7 Å². The monoisotopic (exact) mass is 503 g/mol. The summed E-state index contributed by atoms with van der Waals surface area (Å²) in [4.78, 5) is 25.0. The van der Waals surface area contributed by atoms with Gasteiger partial charge < -0.3 is 19.0 Å². The summed E-state index contributed by atoms with van der Waals surface area (Å²) >= 11 is 3.67. The Balaban J connectivity index is 1.24. The number of aromatic nitrogens is 2. The van der Waals surface area contributed by atoms with E-state index in [0.29, 0.717) is 17.0 Å². The lowest BCUT2D eigenvalue weighted by atomic mass is 9.89. The maximum atomic E-state index is 12.7. The summed E-state index contributed by atoms with van der Waals surface area (Å²) in [7, 11) is -0.294. The summed E-state index contributed by atoms with van der Waals surface area (Å²) in [6, 6.07) is -0.0700. The van der Waals surface area contributed by atoms with Crippen LogP contribution in [0.25, 0.3) is 4.91 Å². The molecule has 2 saturated heterocycles. The van der Waals surface area contributed by atoms with Gasteiger partial charge in [0, 0.05) is 26.8 Å². The fraction of sp³-hybridized carbons (Fsp3) is 0.667. The molecule has 3 atom stereocenters. The largest absolute Gasteiger partial charge is 0.501 e. The number of hydrogen-bond acceptors (Lipinski definition) is 7. The van der Waals surface area contributed by atoms with Crippen LogP contribution in [-0.4, -0.2) is 61.9 Å². The summed E-state index contributed by atoms with van der Waals surface area (Å²) in [5.41, 5.74) is -0.155. The molecule has 0 aromatic carbocycles. The van der Waals surface area contributed by atoms with E-state index in [4.69, 9.17) is 14.0 Å². The second kappa shape index (κ2) is 8.35. The second-order valence-corrected chi connectivity index (χ2v) is 13.8. The predicted octanol–water partition coefficient (Wildman–Crippen LogP) is 5.57. The maximum Gasteiger partial charge on any atom is 0.501 e. The second-order valence-electron chi connectivity index (χ2n) is 11.4. The summed E-state index contributed by atoms with van der Waals surface area (Å²) in [6.07, 6.45) is 8.07. The number of amides is 1. The SMILES string of the molecule is CC(C)(C)OC(=O)N1CCC[C@H]1c1ncc(C2=CC3SC(B4OC(C)(C)C(C)(C)O4)=CC3S2)[nH]1. The zero-order valence-electron chi connectivity index (χ0n) is 21.0. The fourth-order valence-corrected chi connectivity index (χ4v) is 7.40. The first-order valence-corrected chi connectivity index (χ1v) is 13.8. The minimum Gasteiger partial charge on any atom is -0.444 e. The van der Waals surface area contributed by atoms with Crippen molar-refractivity contribution in [2.24, 2.45) is 0 Å². The van der Waals surface area contributed by atoms with Gasteiger partial charge in [-0.05, 0) is 61.3 Å². The van der Waals surface area contributed by atoms with Crippen molar-refractivity contribution in [1.82, 2.24) is 14.9 Å². The Hall–Kier alpha value is -1.36. The van der Waals surface area contributed by atoms with E-state index in [1.54, 1.807) is 4.90 Å². The van der Waals surface area contributed by atoms with Crippen molar-refractivity contribution in [3.63, 3.8) is 0 Å². The van der Waals surface area contributed by atoms with Crippen LogP contribution in [-0.2, 0) is 14.0 Å². The van der Waals surface area contributed by atoms with Crippen LogP contribution >= 0.6 is 23.5 Å². The molecule has 4 aliphatic rings. The van der Waals surface area contributed by atoms with Gasteiger partial charge >= 0.3 is 13.2 Å². The number of hydrogen-bond donors (Lipinski definition) is 1. The molecule has 2 fully saturated rings. The Kier molecular flexibility index (Phi) is 5.98. The summed E-state index contributed by atoms with van der Waals surface area (Å²) in [5.74, 6) is 0.832. The maximum absolute atomic E-state index is 12.7. The van der Waals surface area contributed by atoms with Gasteiger partial charge in [-0.15, -0.1) is 23.5 Å². The molecule has 4 aliphatic heterocycles. The van der Waals surface area contributed by atoms with Gasteiger partial charge in [0.2, 0.25) is 0 Å². The third kappa shape index (κ3) is 4.47. The fourth-order valence-electron chi connectivity index (χ4n) is 4.55. The van der Waals surface area contributed by atoms with E-state index in [-0.39, 0.29) is 30.5 Å². The zero-order valence-corrected chi connectivity index (χ0v) is 22.6. The van der Waals surface area contributed by atoms with Crippen molar-refractivity contribution in [1.29, 1.82) is 0 Å². The van der Waals surface area contributed by atoms with E-state index in [1.165, 1.54) is 9.71 Å². The lowest BCUT2D eigenvalue weighted by molar-refractivity contribution is 0.00578. The van der Waals surface area contributed by atoms with E-state index in [1.807, 2.05) is 50.5 Å². The molecule has 1 aromatic rings. The summed E-state index contributed by atoms with van der Waals surface area (Å²) in [5, 5.41) is 0.705. The number of H-pyrrole nitrogens is 1. The van der Waals surface area contributed by atoms with Crippen LogP contribution in [0, 0.1) is 0 Å².